The second kappa shape index (κ2) is 4.38. The number of anilines is 1. The van der Waals surface area contributed by atoms with Crippen molar-refractivity contribution in [3.8, 4) is 0 Å². The summed E-state index contributed by atoms with van der Waals surface area (Å²) in [6, 6.07) is 13.5. The zero-order valence-corrected chi connectivity index (χ0v) is 14.7. The third kappa shape index (κ3) is 1.69. The van der Waals surface area contributed by atoms with Gasteiger partial charge in [-0.1, -0.05) is 24.3 Å². The van der Waals surface area contributed by atoms with Gasteiger partial charge in [0, 0.05) is 28.2 Å². The van der Waals surface area contributed by atoms with Gasteiger partial charge in [0.1, 0.15) is 0 Å². The van der Waals surface area contributed by atoms with Crippen LogP contribution in [0, 0.1) is 20.8 Å². The first-order valence-electron chi connectivity index (χ1n) is 8.76. The summed E-state index contributed by atoms with van der Waals surface area (Å²) in [6.45, 7) is 8.82. The molecule has 2 heterocycles. The molecule has 1 aliphatic heterocycles. The lowest BCUT2D eigenvalue weighted by Crippen LogP contribution is -2.33. The maximum atomic E-state index is 4.95. The monoisotopic (exact) mass is 314 g/mol. The van der Waals surface area contributed by atoms with E-state index in [1.807, 2.05) is 0 Å². The fourth-order valence-corrected chi connectivity index (χ4v) is 4.96. The average Bonchev–Trinajstić information content (AvgIpc) is 2.76. The van der Waals surface area contributed by atoms with Gasteiger partial charge in [-0.05, 0) is 68.5 Å². The van der Waals surface area contributed by atoms with Crippen LogP contribution < -0.4 is 5.32 Å². The highest BCUT2D eigenvalue weighted by atomic mass is 15.0. The largest absolute Gasteiger partial charge is 0.375 e. The molecule has 2 heteroatoms. The summed E-state index contributed by atoms with van der Waals surface area (Å²) in [5.41, 5.74) is 10.5. The summed E-state index contributed by atoms with van der Waals surface area (Å²) >= 11 is 0. The van der Waals surface area contributed by atoms with Crippen LogP contribution in [0.5, 0.6) is 0 Å². The number of hydrogen-bond acceptors (Lipinski definition) is 2. The molecular weight excluding hydrogens is 292 g/mol. The molecule has 2 aromatic carbocycles. The van der Waals surface area contributed by atoms with Crippen molar-refractivity contribution in [3.05, 3.63) is 69.9 Å². The molecule has 120 valence electrons. The first kappa shape index (κ1) is 14.0. The smallest absolute Gasteiger partial charge is 0.0711 e. The minimum Gasteiger partial charge on any atom is -0.375 e. The summed E-state index contributed by atoms with van der Waals surface area (Å²) in [5.74, 6) is 0.466. The quantitative estimate of drug-likeness (QED) is 0.606. The molecule has 2 unspecified atom stereocenters. The lowest BCUT2D eigenvalue weighted by molar-refractivity contribution is 0.494. The molecule has 5 rings (SSSR count). The predicted octanol–water partition coefficient (Wildman–Crippen LogP) is 5.34. The number of fused-ring (bicyclic) bond motifs is 9. The van der Waals surface area contributed by atoms with E-state index in [4.69, 9.17) is 4.98 Å². The minimum atomic E-state index is -0.0169. The molecule has 0 spiro atoms. The van der Waals surface area contributed by atoms with E-state index in [1.165, 1.54) is 44.6 Å². The van der Waals surface area contributed by atoms with Gasteiger partial charge >= 0.3 is 0 Å². The van der Waals surface area contributed by atoms with Crippen molar-refractivity contribution in [1.82, 2.24) is 4.98 Å². The zero-order chi connectivity index (χ0) is 16.6. The Morgan fingerprint density at radius 1 is 1.04 bits per heavy atom. The van der Waals surface area contributed by atoms with Gasteiger partial charge in [-0.3, -0.25) is 4.98 Å². The van der Waals surface area contributed by atoms with Crippen molar-refractivity contribution < 1.29 is 0 Å². The van der Waals surface area contributed by atoms with Gasteiger partial charge in [-0.25, -0.2) is 0 Å². The maximum Gasteiger partial charge on any atom is 0.0711 e. The van der Waals surface area contributed by atoms with E-state index in [1.54, 1.807) is 0 Å². The van der Waals surface area contributed by atoms with E-state index >= 15 is 0 Å². The summed E-state index contributed by atoms with van der Waals surface area (Å²) in [6.07, 6.45) is 1.12. The Balaban J connectivity index is 1.89. The summed E-state index contributed by atoms with van der Waals surface area (Å²) in [4.78, 5) is 4.95. The minimum absolute atomic E-state index is 0.0169. The molecule has 3 aromatic rings. The van der Waals surface area contributed by atoms with Crippen molar-refractivity contribution in [3.63, 3.8) is 0 Å². The van der Waals surface area contributed by atoms with Crippen molar-refractivity contribution in [2.24, 2.45) is 0 Å². The predicted molar refractivity (Wildman–Crippen MR) is 99.8 cm³/mol. The van der Waals surface area contributed by atoms with Gasteiger partial charge in [0.05, 0.1) is 11.1 Å². The third-order valence-electron chi connectivity index (χ3n) is 5.87. The fourth-order valence-electron chi connectivity index (χ4n) is 4.96. The molecule has 0 amide bonds. The van der Waals surface area contributed by atoms with E-state index in [0.717, 1.165) is 11.9 Å². The van der Waals surface area contributed by atoms with E-state index in [-0.39, 0.29) is 5.54 Å². The number of aromatic nitrogens is 1. The number of pyridine rings is 1. The summed E-state index contributed by atoms with van der Waals surface area (Å²) in [7, 11) is 0. The Bertz CT molecular complexity index is 1020. The molecule has 2 bridgehead atoms. The maximum absolute atomic E-state index is 4.95. The Hall–Kier alpha value is -2.35. The molecule has 2 nitrogen and oxygen atoms in total. The second-order valence-corrected chi connectivity index (χ2v) is 7.81. The lowest BCUT2D eigenvalue weighted by atomic mass is 9.84. The molecule has 1 aromatic heterocycles. The molecule has 1 N–H and O–H groups in total. The van der Waals surface area contributed by atoms with Crippen molar-refractivity contribution >= 4 is 16.6 Å². The van der Waals surface area contributed by atoms with Gasteiger partial charge in [-0.15, -0.1) is 0 Å². The van der Waals surface area contributed by atoms with Crippen molar-refractivity contribution in [2.45, 2.75) is 45.6 Å². The molecule has 0 radical (unpaired) electrons. The third-order valence-corrected chi connectivity index (χ3v) is 5.87. The number of hydrogen-bond donors (Lipinski definition) is 1. The first-order chi connectivity index (χ1) is 11.5. The number of benzene rings is 2. The molecule has 2 aliphatic rings. The Morgan fingerprint density at radius 3 is 2.62 bits per heavy atom. The van der Waals surface area contributed by atoms with Crippen LogP contribution in [0.3, 0.4) is 0 Å². The fraction of sp³-hybridized carbons (Fsp3) is 0.318. The Kier molecular flexibility index (Phi) is 2.56. The standard InChI is InChI=1S/C22H22N2/c1-12-6-8-16-18(9-12)23-14(3)21-20(16)17-11-22(21,4)24-19-10-13(2)5-7-15(17)19/h5-10,17,24H,11H2,1-4H3. The van der Waals surface area contributed by atoms with E-state index in [9.17, 15) is 0 Å². The highest BCUT2D eigenvalue weighted by Crippen LogP contribution is 2.57. The second-order valence-electron chi connectivity index (χ2n) is 7.81. The average molecular weight is 314 g/mol. The van der Waals surface area contributed by atoms with Crippen LogP contribution >= 0.6 is 0 Å². The van der Waals surface area contributed by atoms with Crippen LogP contribution in [-0.2, 0) is 5.54 Å². The highest BCUT2D eigenvalue weighted by Gasteiger charge is 2.47. The Labute approximate surface area is 142 Å². The van der Waals surface area contributed by atoms with Crippen LogP contribution in [0.2, 0.25) is 0 Å². The van der Waals surface area contributed by atoms with E-state index in [2.05, 4.69) is 69.4 Å². The van der Waals surface area contributed by atoms with Crippen LogP contribution in [0.15, 0.2) is 36.4 Å². The van der Waals surface area contributed by atoms with Gasteiger partial charge in [-0.2, -0.15) is 0 Å². The lowest BCUT2D eigenvalue weighted by Gasteiger charge is -2.34. The van der Waals surface area contributed by atoms with E-state index in [0.29, 0.717) is 5.92 Å². The van der Waals surface area contributed by atoms with Gasteiger partial charge in [0.15, 0.2) is 0 Å². The topological polar surface area (TPSA) is 24.9 Å². The number of aryl methyl sites for hydroxylation is 3. The summed E-state index contributed by atoms with van der Waals surface area (Å²) in [5, 5.41) is 5.16. The van der Waals surface area contributed by atoms with Crippen LogP contribution in [-0.4, -0.2) is 4.98 Å². The van der Waals surface area contributed by atoms with Crippen LogP contribution in [0.4, 0.5) is 5.69 Å². The molecular formula is C22H22N2. The molecule has 0 saturated carbocycles. The molecule has 1 aliphatic carbocycles. The number of nitrogens with zero attached hydrogens (tertiary/aromatic N) is 1. The normalized spacial score (nSPS) is 23.8. The Morgan fingerprint density at radius 2 is 1.79 bits per heavy atom. The zero-order valence-electron chi connectivity index (χ0n) is 14.7. The van der Waals surface area contributed by atoms with E-state index < -0.39 is 0 Å². The van der Waals surface area contributed by atoms with Gasteiger partial charge < -0.3 is 5.32 Å². The summed E-state index contributed by atoms with van der Waals surface area (Å²) < 4.78 is 0. The first-order valence-corrected chi connectivity index (χ1v) is 8.76. The van der Waals surface area contributed by atoms with Gasteiger partial charge in [0.25, 0.3) is 0 Å². The number of nitrogens with one attached hydrogen (secondary N) is 1. The van der Waals surface area contributed by atoms with Crippen LogP contribution in [0.1, 0.15) is 52.8 Å². The number of rotatable bonds is 0. The molecule has 0 fully saturated rings. The van der Waals surface area contributed by atoms with Crippen molar-refractivity contribution in [1.29, 1.82) is 0 Å². The van der Waals surface area contributed by atoms with Gasteiger partial charge in [0.2, 0.25) is 0 Å². The molecule has 2 atom stereocenters. The van der Waals surface area contributed by atoms with Crippen LogP contribution in [0.25, 0.3) is 10.9 Å². The molecule has 24 heavy (non-hydrogen) atoms. The SMILES string of the molecule is Cc1ccc2c(c1)NC1(C)CC2c2c1c(C)nc1cc(C)ccc21. The highest BCUT2D eigenvalue weighted by molar-refractivity contribution is 5.88. The van der Waals surface area contributed by atoms with Crippen molar-refractivity contribution in [2.75, 3.05) is 5.32 Å². The molecule has 0 saturated heterocycles.